The van der Waals surface area contributed by atoms with Gasteiger partial charge in [0, 0.05) is 31.6 Å². The number of nitrogens with one attached hydrogen (secondary N) is 1. The summed E-state index contributed by atoms with van der Waals surface area (Å²) in [5, 5.41) is 4.61. The lowest BCUT2D eigenvalue weighted by atomic mass is 10.1. The van der Waals surface area contributed by atoms with E-state index in [0.29, 0.717) is 6.04 Å². The molecule has 2 aromatic rings. The molecule has 1 fully saturated rings. The van der Waals surface area contributed by atoms with E-state index in [1.165, 1.54) is 5.39 Å². The van der Waals surface area contributed by atoms with Crippen LogP contribution < -0.4 is 5.32 Å². The molecular weight excluding hydrogens is 317 g/mol. The Kier molecular flexibility index (Phi) is 7.83. The van der Waals surface area contributed by atoms with Crippen molar-refractivity contribution < 1.29 is 0 Å². The summed E-state index contributed by atoms with van der Waals surface area (Å²) < 4.78 is 0. The van der Waals surface area contributed by atoms with Gasteiger partial charge in [0.05, 0.1) is 17.3 Å². The van der Waals surface area contributed by atoms with Gasteiger partial charge in [-0.05, 0) is 18.6 Å². The van der Waals surface area contributed by atoms with Gasteiger partial charge in [0.25, 0.3) is 0 Å². The first-order chi connectivity index (χ1) is 9.88. The summed E-state index contributed by atoms with van der Waals surface area (Å²) in [4.78, 5) is 7.37. The Balaban J connectivity index is 0.00000121. The molecule has 1 N–H and O–H groups in total. The lowest BCUT2D eigenvalue weighted by molar-refractivity contribution is 0.171. The van der Waals surface area contributed by atoms with Crippen molar-refractivity contribution in [2.45, 2.75) is 12.5 Å². The molecule has 1 atom stereocenters. The second-order valence-electron chi connectivity index (χ2n) is 5.25. The highest BCUT2D eigenvalue weighted by Crippen LogP contribution is 2.25. The summed E-state index contributed by atoms with van der Waals surface area (Å²) in [6.45, 7) is 8.18. The largest absolute Gasteiger partial charge is 0.314 e. The Hall–Kier alpha value is -1.13. The number of benzene rings is 1. The van der Waals surface area contributed by atoms with E-state index in [1.807, 2.05) is 12.1 Å². The molecule has 3 nitrogen and oxygen atoms in total. The molecule has 5 heteroatoms. The van der Waals surface area contributed by atoms with Crippen LogP contribution in [-0.2, 0) is 0 Å². The standard InChI is InChI=1S/C17H21N3.2ClH/c1-2-5-17(20-12-10-18-11-13-20)16-9-8-14-6-3-4-7-15(14)19-16;;/h2-4,6-9,17-18H,1,5,10-13H2;2*1H/t17-;;/m1../s1. The van der Waals surface area contributed by atoms with Gasteiger partial charge in [0.2, 0.25) is 0 Å². The van der Waals surface area contributed by atoms with Crippen molar-refractivity contribution in [3.05, 3.63) is 54.7 Å². The Morgan fingerprint density at radius 1 is 1.14 bits per heavy atom. The lowest BCUT2D eigenvalue weighted by Crippen LogP contribution is -2.45. The summed E-state index contributed by atoms with van der Waals surface area (Å²) in [6.07, 6.45) is 2.95. The van der Waals surface area contributed by atoms with Crippen LogP contribution in [0.15, 0.2) is 49.1 Å². The first-order valence-corrected chi connectivity index (χ1v) is 7.30. The van der Waals surface area contributed by atoms with Crippen LogP contribution >= 0.6 is 24.8 Å². The van der Waals surface area contributed by atoms with Crippen molar-refractivity contribution >= 4 is 35.7 Å². The molecule has 22 heavy (non-hydrogen) atoms. The number of piperazine rings is 1. The number of nitrogens with zero attached hydrogens (tertiary/aromatic N) is 2. The summed E-state index contributed by atoms with van der Waals surface area (Å²) in [6, 6.07) is 13.0. The fourth-order valence-corrected chi connectivity index (χ4v) is 2.88. The van der Waals surface area contributed by atoms with Crippen molar-refractivity contribution in [2.24, 2.45) is 0 Å². The fourth-order valence-electron chi connectivity index (χ4n) is 2.88. The Morgan fingerprint density at radius 2 is 1.86 bits per heavy atom. The Morgan fingerprint density at radius 3 is 2.59 bits per heavy atom. The van der Waals surface area contributed by atoms with Gasteiger partial charge < -0.3 is 5.32 Å². The average molecular weight is 340 g/mol. The summed E-state index contributed by atoms with van der Waals surface area (Å²) in [7, 11) is 0. The zero-order valence-electron chi connectivity index (χ0n) is 12.6. The van der Waals surface area contributed by atoms with Crippen LogP contribution in [0.1, 0.15) is 18.2 Å². The van der Waals surface area contributed by atoms with Gasteiger partial charge in [0.1, 0.15) is 0 Å². The van der Waals surface area contributed by atoms with E-state index in [9.17, 15) is 0 Å². The second-order valence-corrected chi connectivity index (χ2v) is 5.25. The minimum Gasteiger partial charge on any atom is -0.314 e. The van der Waals surface area contributed by atoms with Crippen molar-refractivity contribution in [1.82, 2.24) is 15.2 Å². The number of pyridine rings is 1. The normalized spacial score (nSPS) is 16.4. The molecule has 0 spiro atoms. The summed E-state index contributed by atoms with van der Waals surface area (Å²) in [5.74, 6) is 0. The minimum atomic E-state index is 0. The number of aromatic nitrogens is 1. The number of hydrogen-bond donors (Lipinski definition) is 1. The number of hydrogen-bond acceptors (Lipinski definition) is 3. The van der Waals surface area contributed by atoms with Gasteiger partial charge >= 0.3 is 0 Å². The molecule has 0 amide bonds. The second kappa shape index (κ2) is 9.11. The van der Waals surface area contributed by atoms with E-state index in [1.54, 1.807) is 0 Å². The van der Waals surface area contributed by atoms with E-state index in [2.05, 4.69) is 47.1 Å². The van der Waals surface area contributed by atoms with Crippen LogP contribution in [0.25, 0.3) is 10.9 Å². The maximum atomic E-state index is 4.86. The molecule has 0 aliphatic carbocycles. The van der Waals surface area contributed by atoms with Crippen molar-refractivity contribution in [3.8, 4) is 0 Å². The van der Waals surface area contributed by atoms with Crippen LogP contribution in [0.3, 0.4) is 0 Å². The fraction of sp³-hybridized carbons (Fsp3) is 0.353. The first kappa shape index (κ1) is 18.9. The molecule has 1 aromatic heterocycles. The van der Waals surface area contributed by atoms with Gasteiger partial charge in [0.15, 0.2) is 0 Å². The predicted molar refractivity (Wildman–Crippen MR) is 98.2 cm³/mol. The highest BCUT2D eigenvalue weighted by molar-refractivity contribution is 5.85. The Labute approximate surface area is 144 Å². The monoisotopic (exact) mass is 339 g/mol. The van der Waals surface area contributed by atoms with E-state index >= 15 is 0 Å². The Bertz CT molecular complexity index is 597. The number of para-hydroxylation sites is 1. The third-order valence-electron chi connectivity index (χ3n) is 3.94. The maximum Gasteiger partial charge on any atom is 0.0706 e. The third kappa shape index (κ3) is 4.20. The minimum absolute atomic E-state index is 0. The SMILES string of the molecule is C=CC[C@H](c1ccc2ccccc2n1)N1CCNCC1.Cl.Cl. The first-order valence-electron chi connectivity index (χ1n) is 7.30. The smallest absolute Gasteiger partial charge is 0.0706 e. The van der Waals surface area contributed by atoms with Crippen LogP contribution in [0, 0.1) is 0 Å². The van der Waals surface area contributed by atoms with Crippen LogP contribution in [0.5, 0.6) is 0 Å². The molecule has 1 aromatic carbocycles. The summed E-state index contributed by atoms with van der Waals surface area (Å²) in [5.41, 5.74) is 2.24. The molecular formula is C17H23Cl2N3. The molecule has 1 saturated heterocycles. The molecule has 120 valence electrons. The highest BCUT2D eigenvalue weighted by atomic mass is 35.5. The number of fused-ring (bicyclic) bond motifs is 1. The van der Waals surface area contributed by atoms with Crippen molar-refractivity contribution in [3.63, 3.8) is 0 Å². The van der Waals surface area contributed by atoms with Crippen LogP contribution in [0.4, 0.5) is 0 Å². The van der Waals surface area contributed by atoms with Crippen LogP contribution in [-0.4, -0.2) is 36.1 Å². The quantitative estimate of drug-likeness (QED) is 0.862. The molecule has 0 radical (unpaired) electrons. The molecule has 0 unspecified atom stereocenters. The van der Waals surface area contributed by atoms with Gasteiger partial charge in [-0.15, -0.1) is 31.4 Å². The molecule has 2 heterocycles. The van der Waals surface area contributed by atoms with E-state index in [4.69, 9.17) is 4.98 Å². The van der Waals surface area contributed by atoms with E-state index < -0.39 is 0 Å². The molecule has 0 saturated carbocycles. The molecule has 3 rings (SSSR count). The highest BCUT2D eigenvalue weighted by Gasteiger charge is 2.22. The van der Waals surface area contributed by atoms with Crippen molar-refractivity contribution in [2.75, 3.05) is 26.2 Å². The van der Waals surface area contributed by atoms with E-state index in [-0.39, 0.29) is 24.8 Å². The van der Waals surface area contributed by atoms with Gasteiger partial charge in [-0.25, -0.2) is 0 Å². The topological polar surface area (TPSA) is 28.2 Å². The van der Waals surface area contributed by atoms with Gasteiger partial charge in [-0.1, -0.05) is 30.3 Å². The molecule has 1 aliphatic rings. The predicted octanol–water partition coefficient (Wildman–Crippen LogP) is 3.60. The van der Waals surface area contributed by atoms with Gasteiger partial charge in [-0.2, -0.15) is 0 Å². The van der Waals surface area contributed by atoms with Crippen LogP contribution in [0.2, 0.25) is 0 Å². The van der Waals surface area contributed by atoms with Gasteiger partial charge in [-0.3, -0.25) is 9.88 Å². The summed E-state index contributed by atoms with van der Waals surface area (Å²) >= 11 is 0. The zero-order chi connectivity index (χ0) is 13.8. The number of halogens is 2. The number of rotatable bonds is 4. The maximum absolute atomic E-state index is 4.86. The average Bonchev–Trinajstić information content (AvgIpc) is 2.53. The molecule has 1 aliphatic heterocycles. The van der Waals surface area contributed by atoms with E-state index in [0.717, 1.165) is 43.8 Å². The van der Waals surface area contributed by atoms with Crippen molar-refractivity contribution in [1.29, 1.82) is 0 Å². The lowest BCUT2D eigenvalue weighted by Gasteiger charge is -2.34. The third-order valence-corrected chi connectivity index (χ3v) is 3.94. The molecule has 0 bridgehead atoms. The zero-order valence-corrected chi connectivity index (χ0v) is 14.2.